The Balaban J connectivity index is 1.18. The molecule has 46 heavy (non-hydrogen) atoms. The van der Waals surface area contributed by atoms with Gasteiger partial charge in [0.25, 0.3) is 0 Å². The number of carbonyl (C=O) groups is 3. The number of carbonyl (C=O) groups excluding carboxylic acids is 3. The number of rotatable bonds is 17. The molecule has 2 atom stereocenters. The van der Waals surface area contributed by atoms with Crippen LogP contribution in [0.1, 0.15) is 108 Å². The van der Waals surface area contributed by atoms with Crippen molar-refractivity contribution in [3.63, 3.8) is 0 Å². The van der Waals surface area contributed by atoms with Crippen molar-refractivity contribution in [3.8, 4) is 23.0 Å². The SMILES string of the molecule is C=CC(=O)OCCCOc1ccc(C(=O)Oc2ccc(OC(=O)c3ccc(OCCCCCCC)cc3)c3c2C2CCC3C2)cc1. The first-order chi connectivity index (χ1) is 22.5. The second-order valence-electron chi connectivity index (χ2n) is 11.8. The maximum atomic E-state index is 13.1. The van der Waals surface area contributed by atoms with Crippen molar-refractivity contribution in [2.45, 2.75) is 76.5 Å². The van der Waals surface area contributed by atoms with Gasteiger partial charge in [-0.3, -0.25) is 0 Å². The van der Waals surface area contributed by atoms with Crippen molar-refractivity contribution < 1.29 is 38.1 Å². The minimum absolute atomic E-state index is 0.237. The van der Waals surface area contributed by atoms with Crippen LogP contribution < -0.4 is 18.9 Å². The molecule has 0 saturated heterocycles. The van der Waals surface area contributed by atoms with E-state index in [4.69, 9.17) is 23.7 Å². The van der Waals surface area contributed by atoms with Crippen LogP contribution >= 0.6 is 0 Å². The van der Waals surface area contributed by atoms with Gasteiger partial charge in [0.05, 0.1) is 30.9 Å². The first-order valence-electron chi connectivity index (χ1n) is 16.3. The minimum Gasteiger partial charge on any atom is -0.494 e. The summed E-state index contributed by atoms with van der Waals surface area (Å²) >= 11 is 0. The van der Waals surface area contributed by atoms with Crippen LogP contribution in [0.2, 0.25) is 0 Å². The summed E-state index contributed by atoms with van der Waals surface area (Å²) in [5, 5.41) is 0. The molecule has 0 aliphatic heterocycles. The third-order valence-corrected chi connectivity index (χ3v) is 8.53. The standard InChI is InChI=1S/C38H42O8/c1-3-5-6-7-8-22-42-30-16-12-26(13-17-30)37(40)45-32-20-21-33(36-29-11-10-28(25-29)35(32)36)46-38(41)27-14-18-31(19-15-27)43-23-9-24-44-34(39)4-2/h4,12-21,28-29H,2-3,5-11,22-25H2,1H3. The number of ether oxygens (including phenoxy) is 5. The maximum absolute atomic E-state index is 13.1. The van der Waals surface area contributed by atoms with Gasteiger partial charge in [-0.1, -0.05) is 39.2 Å². The molecular formula is C38H42O8. The van der Waals surface area contributed by atoms with Crippen LogP contribution in [-0.2, 0) is 9.53 Å². The van der Waals surface area contributed by atoms with Gasteiger partial charge >= 0.3 is 17.9 Å². The van der Waals surface area contributed by atoms with E-state index in [9.17, 15) is 14.4 Å². The fourth-order valence-electron chi connectivity index (χ4n) is 6.19. The van der Waals surface area contributed by atoms with Crippen molar-refractivity contribution in [2.24, 2.45) is 0 Å². The predicted molar refractivity (Wildman–Crippen MR) is 174 cm³/mol. The molecule has 2 bridgehead atoms. The van der Waals surface area contributed by atoms with Crippen LogP contribution in [0.3, 0.4) is 0 Å². The smallest absolute Gasteiger partial charge is 0.343 e. The monoisotopic (exact) mass is 626 g/mol. The zero-order valence-corrected chi connectivity index (χ0v) is 26.5. The fraction of sp³-hybridized carbons (Fsp3) is 0.395. The predicted octanol–water partition coefficient (Wildman–Crippen LogP) is 8.34. The van der Waals surface area contributed by atoms with E-state index < -0.39 is 17.9 Å². The van der Waals surface area contributed by atoms with Crippen molar-refractivity contribution in [2.75, 3.05) is 19.8 Å². The lowest BCUT2D eigenvalue weighted by atomic mass is 9.90. The Morgan fingerprint density at radius 1 is 0.674 bits per heavy atom. The molecule has 2 unspecified atom stereocenters. The lowest BCUT2D eigenvalue weighted by Gasteiger charge is -2.21. The summed E-state index contributed by atoms with van der Waals surface area (Å²) in [5.74, 6) is 1.54. The zero-order chi connectivity index (χ0) is 32.3. The number of benzene rings is 3. The summed E-state index contributed by atoms with van der Waals surface area (Å²) in [5.41, 5.74) is 2.78. The molecule has 1 fully saturated rings. The highest BCUT2D eigenvalue weighted by molar-refractivity contribution is 5.92. The number of fused-ring (bicyclic) bond motifs is 5. The third kappa shape index (κ3) is 8.36. The third-order valence-electron chi connectivity index (χ3n) is 8.53. The first-order valence-corrected chi connectivity index (χ1v) is 16.3. The Morgan fingerprint density at radius 2 is 1.17 bits per heavy atom. The van der Waals surface area contributed by atoms with Gasteiger partial charge in [-0.05, 0) is 98.2 Å². The summed E-state index contributed by atoms with van der Waals surface area (Å²) in [7, 11) is 0. The van der Waals surface area contributed by atoms with Crippen LogP contribution in [0.4, 0.5) is 0 Å². The van der Waals surface area contributed by atoms with E-state index in [0.29, 0.717) is 48.0 Å². The molecule has 2 aliphatic rings. The second kappa shape index (κ2) is 16.1. The van der Waals surface area contributed by atoms with E-state index in [1.807, 2.05) is 0 Å². The Labute approximate surface area is 270 Å². The van der Waals surface area contributed by atoms with E-state index in [-0.39, 0.29) is 18.4 Å². The average molecular weight is 627 g/mol. The minimum atomic E-state index is -0.471. The number of esters is 3. The summed E-state index contributed by atoms with van der Waals surface area (Å²) < 4.78 is 28.3. The van der Waals surface area contributed by atoms with E-state index in [0.717, 1.165) is 55.1 Å². The molecule has 0 aromatic heterocycles. The molecule has 1 saturated carbocycles. The molecule has 0 amide bonds. The Hall–Kier alpha value is -4.59. The van der Waals surface area contributed by atoms with Crippen molar-refractivity contribution in [1.29, 1.82) is 0 Å². The van der Waals surface area contributed by atoms with Crippen LogP contribution in [0.5, 0.6) is 23.0 Å². The largest absolute Gasteiger partial charge is 0.494 e. The number of hydrogen-bond donors (Lipinski definition) is 0. The molecule has 8 nitrogen and oxygen atoms in total. The normalized spacial score (nSPS) is 15.9. The second-order valence-corrected chi connectivity index (χ2v) is 11.8. The quantitative estimate of drug-likeness (QED) is 0.0638. The average Bonchev–Trinajstić information content (AvgIpc) is 3.71. The van der Waals surface area contributed by atoms with Crippen molar-refractivity contribution in [1.82, 2.24) is 0 Å². The lowest BCUT2D eigenvalue weighted by molar-refractivity contribution is -0.137. The van der Waals surface area contributed by atoms with Crippen LogP contribution in [0.25, 0.3) is 0 Å². The molecule has 0 radical (unpaired) electrons. The van der Waals surface area contributed by atoms with Gasteiger partial charge in [-0.25, -0.2) is 14.4 Å². The van der Waals surface area contributed by atoms with E-state index in [1.165, 1.54) is 19.3 Å². The molecule has 5 rings (SSSR count). The van der Waals surface area contributed by atoms with Gasteiger partial charge < -0.3 is 23.7 Å². The Bertz CT molecular complexity index is 1510. The molecule has 0 N–H and O–H groups in total. The van der Waals surface area contributed by atoms with E-state index >= 15 is 0 Å². The highest BCUT2D eigenvalue weighted by Gasteiger charge is 2.42. The Morgan fingerprint density at radius 3 is 1.67 bits per heavy atom. The molecule has 0 spiro atoms. The summed E-state index contributed by atoms with van der Waals surface area (Å²) in [6.07, 6.45) is 10.5. The van der Waals surface area contributed by atoms with Crippen LogP contribution in [0, 0.1) is 0 Å². The van der Waals surface area contributed by atoms with Crippen LogP contribution in [0.15, 0.2) is 73.3 Å². The van der Waals surface area contributed by atoms with Gasteiger partial charge in [-0.2, -0.15) is 0 Å². The lowest BCUT2D eigenvalue weighted by Crippen LogP contribution is -2.14. The number of hydrogen-bond acceptors (Lipinski definition) is 8. The van der Waals surface area contributed by atoms with Crippen molar-refractivity contribution in [3.05, 3.63) is 95.6 Å². The summed E-state index contributed by atoms with van der Waals surface area (Å²) in [6, 6.07) is 17.3. The maximum Gasteiger partial charge on any atom is 0.343 e. The molecule has 2 aliphatic carbocycles. The van der Waals surface area contributed by atoms with Gasteiger partial charge in [-0.15, -0.1) is 0 Å². The van der Waals surface area contributed by atoms with E-state index in [2.05, 4.69) is 13.5 Å². The van der Waals surface area contributed by atoms with Crippen molar-refractivity contribution >= 4 is 17.9 Å². The summed E-state index contributed by atoms with van der Waals surface area (Å²) in [4.78, 5) is 37.3. The summed E-state index contributed by atoms with van der Waals surface area (Å²) in [6.45, 7) is 6.82. The van der Waals surface area contributed by atoms with Crippen LogP contribution in [-0.4, -0.2) is 37.7 Å². The Kier molecular flexibility index (Phi) is 11.5. The molecule has 0 heterocycles. The van der Waals surface area contributed by atoms with E-state index in [1.54, 1.807) is 60.7 Å². The fourth-order valence-corrected chi connectivity index (χ4v) is 6.19. The van der Waals surface area contributed by atoms with Gasteiger partial charge in [0.1, 0.15) is 23.0 Å². The van der Waals surface area contributed by atoms with Gasteiger partial charge in [0.2, 0.25) is 0 Å². The van der Waals surface area contributed by atoms with Gasteiger partial charge in [0.15, 0.2) is 0 Å². The molecule has 8 heteroatoms. The number of unbranched alkanes of at least 4 members (excludes halogenated alkanes) is 4. The molecule has 3 aromatic rings. The molecular weight excluding hydrogens is 584 g/mol. The zero-order valence-electron chi connectivity index (χ0n) is 26.5. The topological polar surface area (TPSA) is 97.4 Å². The molecule has 242 valence electrons. The highest BCUT2D eigenvalue weighted by Crippen LogP contribution is 2.58. The van der Waals surface area contributed by atoms with Gasteiger partial charge in [0, 0.05) is 23.6 Å². The first kappa shape index (κ1) is 32.8. The molecule has 3 aromatic carbocycles. The highest BCUT2D eigenvalue weighted by atomic mass is 16.5.